The molecule has 2 aromatic heterocycles. The van der Waals surface area contributed by atoms with Gasteiger partial charge in [-0.3, -0.25) is 0 Å². The molecule has 114 valence electrons. The fraction of sp³-hybridized carbons (Fsp3) is 0.462. The van der Waals surface area contributed by atoms with Crippen molar-refractivity contribution in [3.8, 4) is 0 Å². The van der Waals surface area contributed by atoms with Crippen LogP contribution in [0, 0.1) is 6.92 Å². The molecule has 0 unspecified atom stereocenters. The summed E-state index contributed by atoms with van der Waals surface area (Å²) in [6, 6.07) is 3.91. The topological polar surface area (TPSA) is 75.9 Å². The minimum atomic E-state index is -3.48. The largest absolute Gasteiger partial charge is 0.379 e. The number of ether oxygens (including phenoxy) is 1. The Morgan fingerprint density at radius 3 is 2.86 bits per heavy atom. The van der Waals surface area contributed by atoms with Gasteiger partial charge in [0.05, 0.1) is 25.5 Å². The summed E-state index contributed by atoms with van der Waals surface area (Å²) in [5.41, 5.74) is 2.60. The highest BCUT2D eigenvalue weighted by molar-refractivity contribution is 7.87. The van der Waals surface area contributed by atoms with Crippen LogP contribution in [0.15, 0.2) is 24.5 Å². The van der Waals surface area contributed by atoms with E-state index in [1.165, 1.54) is 4.31 Å². The van der Waals surface area contributed by atoms with Gasteiger partial charge in [0.25, 0.3) is 10.2 Å². The van der Waals surface area contributed by atoms with Gasteiger partial charge >= 0.3 is 0 Å². The maximum Gasteiger partial charge on any atom is 0.279 e. The summed E-state index contributed by atoms with van der Waals surface area (Å²) in [5.74, 6) is 0. The minimum absolute atomic E-state index is 0.181. The van der Waals surface area contributed by atoms with Crippen molar-refractivity contribution in [1.29, 1.82) is 0 Å². The van der Waals surface area contributed by atoms with E-state index >= 15 is 0 Å². The van der Waals surface area contributed by atoms with Gasteiger partial charge in [0.2, 0.25) is 0 Å². The third kappa shape index (κ3) is 3.08. The zero-order valence-corrected chi connectivity index (χ0v) is 12.6. The summed E-state index contributed by atoms with van der Waals surface area (Å²) in [6.45, 7) is 3.81. The normalized spacial score (nSPS) is 17.4. The molecule has 8 heteroatoms. The highest BCUT2D eigenvalue weighted by Gasteiger charge is 2.23. The lowest BCUT2D eigenvalue weighted by Crippen LogP contribution is -2.46. The average molecular weight is 310 g/mol. The minimum Gasteiger partial charge on any atom is -0.379 e. The van der Waals surface area contributed by atoms with Crippen LogP contribution in [0.25, 0.3) is 5.65 Å². The van der Waals surface area contributed by atoms with Gasteiger partial charge in [0.1, 0.15) is 5.65 Å². The summed E-state index contributed by atoms with van der Waals surface area (Å²) >= 11 is 0. The summed E-state index contributed by atoms with van der Waals surface area (Å²) in [4.78, 5) is 4.45. The number of hydrogen-bond donors (Lipinski definition) is 1. The second-order valence-electron chi connectivity index (χ2n) is 4.99. The van der Waals surface area contributed by atoms with Crippen LogP contribution in [0.3, 0.4) is 0 Å². The van der Waals surface area contributed by atoms with Crippen molar-refractivity contribution in [2.75, 3.05) is 26.3 Å². The lowest BCUT2D eigenvalue weighted by Gasteiger charge is -2.25. The van der Waals surface area contributed by atoms with Crippen LogP contribution in [0.5, 0.6) is 0 Å². The Labute approximate surface area is 123 Å². The van der Waals surface area contributed by atoms with Gasteiger partial charge < -0.3 is 9.14 Å². The molecule has 2 aromatic rings. The van der Waals surface area contributed by atoms with E-state index in [1.54, 1.807) is 0 Å². The number of nitrogens with zero attached hydrogens (tertiary/aromatic N) is 3. The van der Waals surface area contributed by atoms with E-state index < -0.39 is 10.2 Å². The maximum absolute atomic E-state index is 12.2. The molecular weight excluding hydrogens is 292 g/mol. The first-order chi connectivity index (χ1) is 10.1. The summed E-state index contributed by atoms with van der Waals surface area (Å²) in [7, 11) is -3.48. The van der Waals surface area contributed by atoms with Crippen molar-refractivity contribution < 1.29 is 13.2 Å². The predicted molar refractivity (Wildman–Crippen MR) is 78.1 cm³/mol. The van der Waals surface area contributed by atoms with Crippen molar-refractivity contribution in [1.82, 2.24) is 18.4 Å². The third-order valence-corrected chi connectivity index (χ3v) is 5.03. The van der Waals surface area contributed by atoms with Gasteiger partial charge in [-0.15, -0.1) is 0 Å². The molecule has 0 aromatic carbocycles. The molecule has 0 atom stereocenters. The SMILES string of the molecule is Cc1cccn2cc(CNS(=O)(=O)N3CCOCC3)nc12. The molecule has 0 aliphatic carbocycles. The molecule has 1 N–H and O–H groups in total. The fourth-order valence-electron chi connectivity index (χ4n) is 2.33. The molecule has 1 aliphatic heterocycles. The van der Waals surface area contributed by atoms with E-state index in [0.717, 1.165) is 11.2 Å². The lowest BCUT2D eigenvalue weighted by molar-refractivity contribution is 0.0724. The Hall–Kier alpha value is -1.48. The number of pyridine rings is 1. The van der Waals surface area contributed by atoms with Crippen LogP contribution in [0.4, 0.5) is 0 Å². The summed E-state index contributed by atoms with van der Waals surface area (Å²) in [5, 5.41) is 0. The van der Waals surface area contributed by atoms with Crippen LogP contribution >= 0.6 is 0 Å². The molecule has 0 bridgehead atoms. The molecule has 0 spiro atoms. The van der Waals surface area contributed by atoms with Crippen LogP contribution in [0.1, 0.15) is 11.3 Å². The molecule has 3 heterocycles. The van der Waals surface area contributed by atoms with Crippen molar-refractivity contribution >= 4 is 15.9 Å². The standard InChI is InChI=1S/C13H18N4O3S/c1-11-3-2-4-16-10-12(15-13(11)16)9-14-21(18,19)17-5-7-20-8-6-17/h2-4,10,14H,5-9H2,1H3. The van der Waals surface area contributed by atoms with Crippen molar-refractivity contribution in [2.24, 2.45) is 0 Å². The first kappa shape index (κ1) is 14.5. The smallest absolute Gasteiger partial charge is 0.279 e. The van der Waals surface area contributed by atoms with E-state index in [2.05, 4.69) is 9.71 Å². The van der Waals surface area contributed by atoms with Gasteiger partial charge in [-0.1, -0.05) is 6.07 Å². The van der Waals surface area contributed by atoms with E-state index in [1.807, 2.05) is 35.9 Å². The lowest BCUT2D eigenvalue weighted by atomic mass is 10.3. The van der Waals surface area contributed by atoms with E-state index in [0.29, 0.717) is 32.0 Å². The van der Waals surface area contributed by atoms with Crippen molar-refractivity contribution in [3.05, 3.63) is 35.8 Å². The average Bonchev–Trinajstić information content (AvgIpc) is 2.91. The number of aryl methyl sites for hydroxylation is 1. The molecule has 21 heavy (non-hydrogen) atoms. The molecule has 3 rings (SSSR count). The molecule has 0 amide bonds. The van der Waals surface area contributed by atoms with Crippen LogP contribution < -0.4 is 4.72 Å². The molecule has 0 saturated carbocycles. The van der Waals surface area contributed by atoms with Crippen molar-refractivity contribution in [2.45, 2.75) is 13.5 Å². The van der Waals surface area contributed by atoms with E-state index in [-0.39, 0.29) is 6.54 Å². The van der Waals surface area contributed by atoms with E-state index in [9.17, 15) is 8.42 Å². The quantitative estimate of drug-likeness (QED) is 0.882. The van der Waals surface area contributed by atoms with Crippen molar-refractivity contribution in [3.63, 3.8) is 0 Å². The Bertz CT molecular complexity index is 735. The molecule has 7 nitrogen and oxygen atoms in total. The molecule has 1 aliphatic rings. The van der Waals surface area contributed by atoms with Crippen LogP contribution in [-0.4, -0.2) is 48.4 Å². The number of nitrogens with one attached hydrogen (secondary N) is 1. The summed E-state index contributed by atoms with van der Waals surface area (Å²) in [6.07, 6.45) is 3.74. The molecular formula is C13H18N4O3S. The van der Waals surface area contributed by atoms with Gasteiger partial charge in [0.15, 0.2) is 0 Å². The highest BCUT2D eigenvalue weighted by Crippen LogP contribution is 2.10. The van der Waals surface area contributed by atoms with Crippen LogP contribution in [-0.2, 0) is 21.5 Å². The zero-order chi connectivity index (χ0) is 14.9. The Kier molecular flexibility index (Phi) is 3.94. The first-order valence-corrected chi connectivity index (χ1v) is 8.26. The Morgan fingerprint density at radius 1 is 1.38 bits per heavy atom. The highest BCUT2D eigenvalue weighted by atomic mass is 32.2. The zero-order valence-electron chi connectivity index (χ0n) is 11.8. The molecule has 1 fully saturated rings. The number of imidazole rings is 1. The predicted octanol–water partition coefficient (Wildman–Crippen LogP) is 0.309. The summed E-state index contributed by atoms with van der Waals surface area (Å²) < 4.78 is 35.4. The maximum atomic E-state index is 12.2. The number of hydrogen-bond acceptors (Lipinski definition) is 4. The van der Waals surface area contributed by atoms with Crippen LogP contribution in [0.2, 0.25) is 0 Å². The molecule has 1 saturated heterocycles. The molecule has 0 radical (unpaired) electrons. The Balaban J connectivity index is 1.72. The Morgan fingerprint density at radius 2 is 2.14 bits per heavy atom. The second-order valence-corrected chi connectivity index (χ2v) is 6.75. The number of morpholine rings is 1. The van der Waals surface area contributed by atoms with Gasteiger partial charge in [-0.05, 0) is 18.6 Å². The first-order valence-electron chi connectivity index (χ1n) is 6.82. The van der Waals surface area contributed by atoms with E-state index in [4.69, 9.17) is 4.74 Å². The van der Waals surface area contributed by atoms with Gasteiger partial charge in [-0.25, -0.2) is 4.98 Å². The number of fused-ring (bicyclic) bond motifs is 1. The second kappa shape index (κ2) is 5.72. The monoisotopic (exact) mass is 310 g/mol. The third-order valence-electron chi connectivity index (χ3n) is 3.47. The fourth-order valence-corrected chi connectivity index (χ4v) is 3.48. The van der Waals surface area contributed by atoms with Gasteiger partial charge in [0, 0.05) is 25.5 Å². The number of aromatic nitrogens is 2. The van der Waals surface area contributed by atoms with Gasteiger partial charge in [-0.2, -0.15) is 17.4 Å². The number of rotatable bonds is 4.